The van der Waals surface area contributed by atoms with Gasteiger partial charge in [0.2, 0.25) is 0 Å². The topological polar surface area (TPSA) is 29.3 Å². The van der Waals surface area contributed by atoms with Crippen LogP contribution in [-0.4, -0.2) is 34.5 Å². The van der Waals surface area contributed by atoms with Crippen molar-refractivity contribution in [1.82, 2.24) is 4.90 Å². The second-order valence-corrected chi connectivity index (χ2v) is 8.33. The van der Waals surface area contributed by atoms with Gasteiger partial charge in [-0.3, -0.25) is 4.90 Å². The van der Waals surface area contributed by atoms with E-state index in [1.54, 1.807) is 0 Å². The third kappa shape index (κ3) is 3.70. The Labute approximate surface area is 132 Å². The van der Waals surface area contributed by atoms with Crippen LogP contribution in [-0.2, 0) is 0 Å². The third-order valence-corrected chi connectivity index (χ3v) is 5.59. The van der Waals surface area contributed by atoms with Gasteiger partial charge in [-0.15, -0.1) is 0 Å². The molecule has 2 rings (SSSR count). The average molecular weight is 313 g/mol. The summed E-state index contributed by atoms with van der Waals surface area (Å²) in [4.78, 5) is 2.52. The van der Waals surface area contributed by atoms with Gasteiger partial charge < -0.3 is 5.73 Å². The molecule has 0 aliphatic carbocycles. The molecular formula is C16H25ClN2S. The zero-order chi connectivity index (χ0) is 14.8. The predicted octanol–water partition coefficient (Wildman–Crippen LogP) is 3.95. The molecular weight excluding hydrogens is 288 g/mol. The molecule has 1 aromatic rings. The van der Waals surface area contributed by atoms with Crippen molar-refractivity contribution >= 4 is 23.4 Å². The number of hydrogen-bond acceptors (Lipinski definition) is 3. The Morgan fingerprint density at radius 2 is 2.10 bits per heavy atom. The summed E-state index contributed by atoms with van der Waals surface area (Å²) in [5.41, 5.74) is 7.60. The van der Waals surface area contributed by atoms with Gasteiger partial charge in [-0.05, 0) is 31.9 Å². The van der Waals surface area contributed by atoms with Gasteiger partial charge in [-0.1, -0.05) is 36.7 Å². The minimum Gasteiger partial charge on any atom is -0.326 e. The lowest BCUT2D eigenvalue weighted by Crippen LogP contribution is -2.49. The van der Waals surface area contributed by atoms with Crippen LogP contribution in [0, 0.1) is 0 Å². The molecule has 1 saturated heterocycles. The molecule has 20 heavy (non-hydrogen) atoms. The summed E-state index contributed by atoms with van der Waals surface area (Å²) in [5, 5.41) is 0.831. The normalized spacial score (nSPS) is 22.4. The van der Waals surface area contributed by atoms with Gasteiger partial charge in [-0.25, -0.2) is 0 Å². The first-order chi connectivity index (χ1) is 9.44. The molecule has 1 aromatic carbocycles. The highest BCUT2D eigenvalue weighted by Gasteiger charge is 2.34. The predicted molar refractivity (Wildman–Crippen MR) is 90.6 cm³/mol. The summed E-state index contributed by atoms with van der Waals surface area (Å²) < 4.78 is 0.283. The molecule has 2 unspecified atom stereocenters. The van der Waals surface area contributed by atoms with Gasteiger partial charge in [0.05, 0.1) is 6.04 Å². The maximum Gasteiger partial charge on any atom is 0.0514 e. The van der Waals surface area contributed by atoms with E-state index in [-0.39, 0.29) is 16.8 Å². The van der Waals surface area contributed by atoms with E-state index in [0.717, 1.165) is 30.3 Å². The highest BCUT2D eigenvalue weighted by atomic mass is 35.5. The highest BCUT2D eigenvalue weighted by molar-refractivity contribution is 8.00. The minimum atomic E-state index is 0.119. The average Bonchev–Trinajstić information content (AvgIpc) is 2.40. The van der Waals surface area contributed by atoms with Crippen molar-refractivity contribution in [2.24, 2.45) is 5.73 Å². The van der Waals surface area contributed by atoms with Crippen molar-refractivity contribution in [3.63, 3.8) is 0 Å². The fourth-order valence-electron chi connectivity index (χ4n) is 2.93. The summed E-state index contributed by atoms with van der Waals surface area (Å²) >= 11 is 8.47. The number of hydrogen-bond donors (Lipinski definition) is 1. The first kappa shape index (κ1) is 16.2. The number of nitrogens with zero attached hydrogens (tertiary/aromatic N) is 1. The van der Waals surface area contributed by atoms with E-state index in [1.165, 1.54) is 5.56 Å². The van der Waals surface area contributed by atoms with Crippen molar-refractivity contribution < 1.29 is 0 Å². The summed E-state index contributed by atoms with van der Waals surface area (Å²) in [6.45, 7) is 8.91. The van der Waals surface area contributed by atoms with E-state index < -0.39 is 0 Å². The quantitative estimate of drug-likeness (QED) is 0.913. The van der Waals surface area contributed by atoms with Crippen LogP contribution in [0.4, 0.5) is 0 Å². The third-order valence-electron chi connectivity index (χ3n) is 3.95. The van der Waals surface area contributed by atoms with Gasteiger partial charge in [0.15, 0.2) is 0 Å². The first-order valence-electron chi connectivity index (χ1n) is 7.32. The Morgan fingerprint density at radius 3 is 2.70 bits per heavy atom. The zero-order valence-corrected chi connectivity index (χ0v) is 14.2. The molecule has 2 nitrogen and oxygen atoms in total. The van der Waals surface area contributed by atoms with Crippen LogP contribution in [0.5, 0.6) is 0 Å². The van der Waals surface area contributed by atoms with Crippen LogP contribution in [0.1, 0.15) is 38.8 Å². The smallest absolute Gasteiger partial charge is 0.0514 e. The van der Waals surface area contributed by atoms with Crippen LogP contribution in [0.2, 0.25) is 5.02 Å². The molecule has 0 radical (unpaired) electrons. The van der Waals surface area contributed by atoms with Gasteiger partial charge in [0.25, 0.3) is 0 Å². The number of nitrogens with two attached hydrogens (primary N) is 1. The van der Waals surface area contributed by atoms with E-state index >= 15 is 0 Å². The van der Waals surface area contributed by atoms with E-state index in [2.05, 4.69) is 37.8 Å². The second-order valence-electron chi connectivity index (χ2n) is 6.12. The fraction of sp³-hybridized carbons (Fsp3) is 0.625. The molecule has 0 spiro atoms. The molecule has 1 aliphatic rings. The molecule has 2 atom stereocenters. The van der Waals surface area contributed by atoms with Crippen molar-refractivity contribution in [3.05, 3.63) is 34.9 Å². The van der Waals surface area contributed by atoms with E-state index in [1.807, 2.05) is 23.9 Å². The summed E-state index contributed by atoms with van der Waals surface area (Å²) in [6, 6.07) is 8.46. The lowest BCUT2D eigenvalue weighted by atomic mass is 9.95. The Hall–Kier alpha value is -0.220. The van der Waals surface area contributed by atoms with Crippen molar-refractivity contribution in [1.29, 1.82) is 0 Å². The molecule has 1 heterocycles. The molecule has 2 N–H and O–H groups in total. The molecule has 0 bridgehead atoms. The Bertz CT molecular complexity index is 450. The van der Waals surface area contributed by atoms with Crippen molar-refractivity contribution in [3.8, 4) is 0 Å². The zero-order valence-electron chi connectivity index (χ0n) is 12.6. The Morgan fingerprint density at radius 1 is 1.40 bits per heavy atom. The van der Waals surface area contributed by atoms with Gasteiger partial charge in [0.1, 0.15) is 0 Å². The Kier molecular flexibility index (Phi) is 5.41. The number of thioether (sulfide) groups is 1. The van der Waals surface area contributed by atoms with Gasteiger partial charge in [0, 0.05) is 34.7 Å². The molecule has 0 aromatic heterocycles. The van der Waals surface area contributed by atoms with Crippen molar-refractivity contribution in [2.45, 2.75) is 44.0 Å². The number of benzene rings is 1. The standard InChI is InChI=1S/C16H25ClN2S/c1-4-14(18)15(12-7-5-6-8-13(12)17)19-9-10-20-16(2,3)11-19/h5-8,14-15H,4,9-11,18H2,1-3H3. The molecule has 1 fully saturated rings. The second kappa shape index (κ2) is 6.69. The van der Waals surface area contributed by atoms with Gasteiger partial charge in [-0.2, -0.15) is 11.8 Å². The largest absolute Gasteiger partial charge is 0.326 e. The van der Waals surface area contributed by atoms with Crippen LogP contribution < -0.4 is 5.73 Å². The summed E-state index contributed by atoms with van der Waals surface area (Å²) in [7, 11) is 0. The van der Waals surface area contributed by atoms with E-state index in [0.29, 0.717) is 0 Å². The number of halogens is 1. The minimum absolute atomic E-state index is 0.119. The SMILES string of the molecule is CCC(N)C(c1ccccc1Cl)N1CCSC(C)(C)C1. The van der Waals surface area contributed by atoms with Crippen LogP contribution in [0.15, 0.2) is 24.3 Å². The number of rotatable bonds is 4. The maximum atomic E-state index is 6.43. The molecule has 4 heteroatoms. The lowest BCUT2D eigenvalue weighted by molar-refractivity contribution is 0.161. The maximum absolute atomic E-state index is 6.43. The molecule has 0 amide bonds. The molecule has 112 valence electrons. The molecule has 0 saturated carbocycles. The lowest BCUT2D eigenvalue weighted by Gasteiger charge is -2.44. The van der Waals surface area contributed by atoms with E-state index in [4.69, 9.17) is 17.3 Å². The summed E-state index contributed by atoms with van der Waals surface area (Å²) in [5.74, 6) is 1.16. The molecule has 1 aliphatic heterocycles. The first-order valence-corrected chi connectivity index (χ1v) is 8.69. The summed E-state index contributed by atoms with van der Waals surface area (Å²) in [6.07, 6.45) is 0.958. The van der Waals surface area contributed by atoms with E-state index in [9.17, 15) is 0 Å². The highest BCUT2D eigenvalue weighted by Crippen LogP contribution is 2.37. The Balaban J connectivity index is 2.31. The van der Waals surface area contributed by atoms with Crippen molar-refractivity contribution in [2.75, 3.05) is 18.8 Å². The van der Waals surface area contributed by atoms with Gasteiger partial charge >= 0.3 is 0 Å². The van der Waals surface area contributed by atoms with Crippen LogP contribution in [0.3, 0.4) is 0 Å². The van der Waals surface area contributed by atoms with Crippen LogP contribution in [0.25, 0.3) is 0 Å². The van der Waals surface area contributed by atoms with Crippen LogP contribution >= 0.6 is 23.4 Å². The fourth-order valence-corrected chi connectivity index (χ4v) is 4.31. The monoisotopic (exact) mass is 312 g/mol.